The molecule has 0 radical (unpaired) electrons. The summed E-state index contributed by atoms with van der Waals surface area (Å²) in [5.74, 6) is 0. The van der Waals surface area contributed by atoms with Gasteiger partial charge in [0.25, 0.3) is 0 Å². The Hall–Kier alpha value is -2.09. The molecule has 0 fully saturated rings. The highest BCUT2D eigenvalue weighted by Gasteiger charge is 2.21. The minimum absolute atomic E-state index is 0.149. The first kappa shape index (κ1) is 18.7. The minimum atomic E-state index is -3.59. The standard InChI is InChI=1S/C18H20ClN3O3S/c1-4-21-16-10-9-14(26(24,25)20(2)3)11-17(16)22(18(21)23)12-13-7-5-6-8-15(13)19/h5-11H,4,12H2,1-3H3. The quantitative estimate of drug-likeness (QED) is 0.669. The maximum atomic E-state index is 12.9. The van der Waals surface area contributed by atoms with Crippen molar-refractivity contribution < 1.29 is 8.42 Å². The molecule has 1 aromatic heterocycles. The number of imidazole rings is 1. The lowest BCUT2D eigenvalue weighted by Gasteiger charge is -2.12. The second-order valence-electron chi connectivity index (χ2n) is 6.14. The molecule has 2 aromatic carbocycles. The number of sulfonamides is 1. The van der Waals surface area contributed by atoms with Gasteiger partial charge in [0.15, 0.2) is 0 Å². The van der Waals surface area contributed by atoms with Crippen molar-refractivity contribution in [1.82, 2.24) is 13.4 Å². The number of fused-ring (bicyclic) bond motifs is 1. The van der Waals surface area contributed by atoms with Gasteiger partial charge in [0, 0.05) is 25.7 Å². The Balaban J connectivity index is 2.26. The van der Waals surface area contributed by atoms with E-state index in [4.69, 9.17) is 11.6 Å². The van der Waals surface area contributed by atoms with E-state index >= 15 is 0 Å². The van der Waals surface area contributed by atoms with Gasteiger partial charge in [-0.15, -0.1) is 0 Å². The third-order valence-corrected chi connectivity index (χ3v) is 6.55. The van der Waals surface area contributed by atoms with Crippen molar-refractivity contribution in [3.63, 3.8) is 0 Å². The second-order valence-corrected chi connectivity index (χ2v) is 8.70. The van der Waals surface area contributed by atoms with Gasteiger partial charge < -0.3 is 0 Å². The molecule has 0 spiro atoms. The first-order chi connectivity index (χ1) is 12.3. The van der Waals surface area contributed by atoms with Gasteiger partial charge in [0.2, 0.25) is 10.0 Å². The van der Waals surface area contributed by atoms with E-state index in [1.54, 1.807) is 27.3 Å². The van der Waals surface area contributed by atoms with E-state index in [0.717, 1.165) is 9.87 Å². The third kappa shape index (κ3) is 3.06. The highest BCUT2D eigenvalue weighted by atomic mass is 35.5. The Morgan fingerprint density at radius 1 is 1.04 bits per heavy atom. The molecule has 0 aliphatic heterocycles. The second kappa shape index (κ2) is 6.90. The first-order valence-electron chi connectivity index (χ1n) is 8.16. The lowest BCUT2D eigenvalue weighted by Crippen LogP contribution is -2.24. The molecule has 0 N–H and O–H groups in total. The fourth-order valence-electron chi connectivity index (χ4n) is 2.93. The van der Waals surface area contributed by atoms with Gasteiger partial charge in [-0.25, -0.2) is 17.5 Å². The molecule has 8 heteroatoms. The van der Waals surface area contributed by atoms with Crippen LogP contribution in [0.3, 0.4) is 0 Å². The number of rotatable bonds is 5. The van der Waals surface area contributed by atoms with Crippen LogP contribution in [0.4, 0.5) is 0 Å². The lowest BCUT2D eigenvalue weighted by molar-refractivity contribution is 0.521. The number of aromatic nitrogens is 2. The van der Waals surface area contributed by atoms with Crippen LogP contribution in [0.5, 0.6) is 0 Å². The van der Waals surface area contributed by atoms with E-state index in [1.165, 1.54) is 20.2 Å². The molecular formula is C18H20ClN3O3S. The molecule has 0 aliphatic rings. The molecule has 0 amide bonds. The summed E-state index contributed by atoms with van der Waals surface area (Å²) in [5.41, 5.74) is 1.87. The van der Waals surface area contributed by atoms with Crippen molar-refractivity contribution in [3.05, 3.63) is 63.5 Å². The molecule has 0 saturated carbocycles. The van der Waals surface area contributed by atoms with Gasteiger partial charge >= 0.3 is 5.69 Å². The van der Waals surface area contributed by atoms with Gasteiger partial charge in [-0.1, -0.05) is 29.8 Å². The number of aryl methyl sites for hydroxylation is 1. The van der Waals surface area contributed by atoms with E-state index in [-0.39, 0.29) is 17.1 Å². The summed E-state index contributed by atoms with van der Waals surface area (Å²) in [6.45, 7) is 2.64. The van der Waals surface area contributed by atoms with Crippen LogP contribution in [0.15, 0.2) is 52.2 Å². The molecule has 26 heavy (non-hydrogen) atoms. The number of hydrogen-bond acceptors (Lipinski definition) is 3. The molecule has 6 nitrogen and oxygen atoms in total. The largest absolute Gasteiger partial charge is 0.329 e. The summed E-state index contributed by atoms with van der Waals surface area (Å²) in [6.07, 6.45) is 0. The van der Waals surface area contributed by atoms with Gasteiger partial charge in [-0.2, -0.15) is 0 Å². The Bertz CT molecular complexity index is 1130. The van der Waals surface area contributed by atoms with Crippen LogP contribution in [0.1, 0.15) is 12.5 Å². The number of halogens is 1. The van der Waals surface area contributed by atoms with Crippen molar-refractivity contribution in [3.8, 4) is 0 Å². The van der Waals surface area contributed by atoms with Crippen LogP contribution in [0.25, 0.3) is 11.0 Å². The van der Waals surface area contributed by atoms with Crippen LogP contribution in [0.2, 0.25) is 5.02 Å². The first-order valence-corrected chi connectivity index (χ1v) is 9.98. The number of hydrogen-bond donors (Lipinski definition) is 0. The molecule has 138 valence electrons. The number of benzene rings is 2. The average molecular weight is 394 g/mol. The van der Waals surface area contributed by atoms with Crippen LogP contribution in [0, 0.1) is 0 Å². The molecule has 0 saturated heterocycles. The van der Waals surface area contributed by atoms with E-state index in [2.05, 4.69) is 0 Å². The molecule has 0 aliphatic carbocycles. The topological polar surface area (TPSA) is 64.3 Å². The van der Waals surface area contributed by atoms with Gasteiger partial charge in [0.1, 0.15) is 0 Å². The highest BCUT2D eigenvalue weighted by Crippen LogP contribution is 2.23. The van der Waals surface area contributed by atoms with Crippen molar-refractivity contribution in [2.45, 2.75) is 24.9 Å². The Morgan fingerprint density at radius 2 is 1.73 bits per heavy atom. The zero-order valence-corrected chi connectivity index (χ0v) is 16.4. The predicted octanol–water partition coefficient (Wildman–Crippen LogP) is 2.77. The van der Waals surface area contributed by atoms with E-state index < -0.39 is 10.0 Å². The smallest absolute Gasteiger partial charge is 0.292 e. The summed E-state index contributed by atoms with van der Waals surface area (Å²) in [7, 11) is -0.634. The Morgan fingerprint density at radius 3 is 2.35 bits per heavy atom. The van der Waals surface area contributed by atoms with Gasteiger partial charge in [-0.3, -0.25) is 9.13 Å². The summed E-state index contributed by atoms with van der Waals surface area (Å²) >= 11 is 6.24. The summed E-state index contributed by atoms with van der Waals surface area (Å²) in [5, 5.41) is 0.564. The summed E-state index contributed by atoms with van der Waals surface area (Å²) < 4.78 is 29.3. The zero-order valence-electron chi connectivity index (χ0n) is 14.8. The maximum absolute atomic E-state index is 12.9. The van der Waals surface area contributed by atoms with Crippen LogP contribution < -0.4 is 5.69 Å². The average Bonchev–Trinajstić information content (AvgIpc) is 2.87. The monoisotopic (exact) mass is 393 g/mol. The number of nitrogens with zero attached hydrogens (tertiary/aromatic N) is 3. The fourth-order valence-corrected chi connectivity index (χ4v) is 4.04. The van der Waals surface area contributed by atoms with Crippen molar-refractivity contribution in [2.24, 2.45) is 0 Å². The van der Waals surface area contributed by atoms with Crippen molar-refractivity contribution in [2.75, 3.05) is 14.1 Å². The highest BCUT2D eigenvalue weighted by molar-refractivity contribution is 7.89. The Kier molecular flexibility index (Phi) is 4.96. The van der Waals surface area contributed by atoms with Gasteiger partial charge in [0.05, 0.1) is 22.5 Å². The van der Waals surface area contributed by atoms with Crippen molar-refractivity contribution >= 4 is 32.7 Å². The van der Waals surface area contributed by atoms with E-state index in [1.807, 2.05) is 25.1 Å². The van der Waals surface area contributed by atoms with E-state index in [0.29, 0.717) is 22.6 Å². The van der Waals surface area contributed by atoms with E-state index in [9.17, 15) is 13.2 Å². The van der Waals surface area contributed by atoms with Crippen molar-refractivity contribution in [1.29, 1.82) is 0 Å². The minimum Gasteiger partial charge on any atom is -0.292 e. The molecule has 0 atom stereocenters. The molecule has 3 rings (SSSR count). The van der Waals surface area contributed by atoms with Crippen LogP contribution in [-0.4, -0.2) is 36.0 Å². The summed E-state index contributed by atoms with van der Waals surface area (Å²) in [4.78, 5) is 13.0. The molecule has 0 unspecified atom stereocenters. The lowest BCUT2D eigenvalue weighted by atomic mass is 10.2. The molecule has 3 aromatic rings. The normalized spacial score (nSPS) is 12.2. The molecule has 1 heterocycles. The fraction of sp³-hybridized carbons (Fsp3) is 0.278. The van der Waals surface area contributed by atoms with Crippen LogP contribution in [-0.2, 0) is 23.1 Å². The Labute approximate surface area is 157 Å². The maximum Gasteiger partial charge on any atom is 0.329 e. The third-order valence-electron chi connectivity index (χ3n) is 4.37. The summed E-state index contributed by atoms with van der Waals surface area (Å²) in [6, 6.07) is 12.1. The van der Waals surface area contributed by atoms with Gasteiger partial charge in [-0.05, 0) is 36.8 Å². The molecular weight excluding hydrogens is 374 g/mol. The SMILES string of the molecule is CCn1c(=O)n(Cc2ccccc2Cl)c2cc(S(=O)(=O)N(C)C)ccc21. The van der Waals surface area contributed by atoms with Crippen LogP contribution >= 0.6 is 11.6 Å². The molecule has 0 bridgehead atoms. The zero-order chi connectivity index (χ0) is 19.1. The predicted molar refractivity (Wildman–Crippen MR) is 103 cm³/mol.